The number of aliphatic hydroxyl groups is 1. The fourth-order valence-electron chi connectivity index (χ4n) is 3.23. The minimum absolute atomic E-state index is 0.130. The summed E-state index contributed by atoms with van der Waals surface area (Å²) in [7, 11) is 1.85. The van der Waals surface area contributed by atoms with Gasteiger partial charge in [-0.2, -0.15) is 0 Å². The van der Waals surface area contributed by atoms with E-state index in [2.05, 4.69) is 27.2 Å². The number of amides is 1. The number of rotatable bonds is 6. The number of β-amino-alcohol motifs (C(OH)–C–C–N with tert-alkyl or cyclic N) is 1. The first-order valence-corrected chi connectivity index (χ1v) is 8.28. The van der Waals surface area contributed by atoms with Crippen molar-refractivity contribution in [3.63, 3.8) is 0 Å². The Balaban J connectivity index is 1.59. The molecule has 1 aliphatic heterocycles. The molecule has 0 saturated carbocycles. The second-order valence-electron chi connectivity index (χ2n) is 6.67. The number of likely N-dealkylation sites (N-methyl/N-ethyl adjacent to an activating group) is 1. The SMILES string of the molecule is CN(CC1(O)CCN(Cc2ccccc2)C1)c1ccc(C(N)=O)nn1. The largest absolute Gasteiger partial charge is 0.387 e. The number of anilines is 1. The van der Waals surface area contributed by atoms with Gasteiger partial charge in [-0.15, -0.1) is 10.2 Å². The van der Waals surface area contributed by atoms with Crippen LogP contribution in [0.2, 0.25) is 0 Å². The highest BCUT2D eigenvalue weighted by Crippen LogP contribution is 2.25. The fourth-order valence-corrected chi connectivity index (χ4v) is 3.23. The normalized spacial score (nSPS) is 20.6. The molecule has 1 aromatic heterocycles. The third-order valence-electron chi connectivity index (χ3n) is 4.49. The Bertz CT molecular complexity index is 722. The molecular formula is C18H23N5O2. The van der Waals surface area contributed by atoms with Crippen LogP contribution in [0.3, 0.4) is 0 Å². The van der Waals surface area contributed by atoms with Crippen molar-refractivity contribution >= 4 is 11.7 Å². The van der Waals surface area contributed by atoms with Gasteiger partial charge in [-0.25, -0.2) is 0 Å². The summed E-state index contributed by atoms with van der Waals surface area (Å²) < 4.78 is 0. The van der Waals surface area contributed by atoms with Crippen LogP contribution in [-0.2, 0) is 6.54 Å². The molecule has 1 aromatic carbocycles. The quantitative estimate of drug-likeness (QED) is 0.801. The summed E-state index contributed by atoms with van der Waals surface area (Å²) in [6, 6.07) is 13.5. The molecule has 7 nitrogen and oxygen atoms in total. The van der Waals surface area contributed by atoms with Crippen molar-refractivity contribution in [3.8, 4) is 0 Å². The van der Waals surface area contributed by atoms with Crippen molar-refractivity contribution in [2.24, 2.45) is 5.73 Å². The Morgan fingerprint density at radius 1 is 1.28 bits per heavy atom. The highest BCUT2D eigenvalue weighted by atomic mass is 16.3. The van der Waals surface area contributed by atoms with Crippen molar-refractivity contribution in [1.29, 1.82) is 0 Å². The summed E-state index contributed by atoms with van der Waals surface area (Å²) in [4.78, 5) is 15.2. The number of hydrogen-bond donors (Lipinski definition) is 2. The number of carbonyl (C=O) groups is 1. The Morgan fingerprint density at radius 2 is 2.04 bits per heavy atom. The molecule has 1 atom stereocenters. The molecular weight excluding hydrogens is 318 g/mol. The highest BCUT2D eigenvalue weighted by molar-refractivity contribution is 5.90. The van der Waals surface area contributed by atoms with E-state index in [9.17, 15) is 9.90 Å². The maximum absolute atomic E-state index is 11.1. The van der Waals surface area contributed by atoms with E-state index < -0.39 is 11.5 Å². The maximum Gasteiger partial charge on any atom is 0.269 e. The highest BCUT2D eigenvalue weighted by Gasteiger charge is 2.37. The van der Waals surface area contributed by atoms with Gasteiger partial charge in [0.1, 0.15) is 0 Å². The summed E-state index contributed by atoms with van der Waals surface area (Å²) >= 11 is 0. The number of carbonyl (C=O) groups excluding carboxylic acids is 1. The zero-order chi connectivity index (χ0) is 17.9. The topological polar surface area (TPSA) is 95.6 Å². The van der Waals surface area contributed by atoms with Crippen LogP contribution < -0.4 is 10.6 Å². The third-order valence-corrected chi connectivity index (χ3v) is 4.49. The molecule has 25 heavy (non-hydrogen) atoms. The van der Waals surface area contributed by atoms with Crippen LogP contribution >= 0.6 is 0 Å². The minimum atomic E-state index is -0.798. The first-order valence-electron chi connectivity index (χ1n) is 8.28. The van der Waals surface area contributed by atoms with E-state index in [4.69, 9.17) is 5.73 Å². The number of hydrogen-bond acceptors (Lipinski definition) is 6. The average molecular weight is 341 g/mol. The summed E-state index contributed by atoms with van der Waals surface area (Å²) in [5, 5.41) is 18.7. The van der Waals surface area contributed by atoms with E-state index in [1.165, 1.54) is 5.56 Å². The summed E-state index contributed by atoms with van der Waals surface area (Å²) in [5.74, 6) is -0.00684. The van der Waals surface area contributed by atoms with Gasteiger partial charge in [-0.1, -0.05) is 30.3 Å². The van der Waals surface area contributed by atoms with E-state index in [1.807, 2.05) is 30.1 Å². The van der Waals surface area contributed by atoms with Gasteiger partial charge in [0.15, 0.2) is 11.5 Å². The smallest absolute Gasteiger partial charge is 0.269 e. The van der Waals surface area contributed by atoms with Gasteiger partial charge in [-0.05, 0) is 24.1 Å². The molecule has 2 aromatic rings. The molecule has 1 amide bonds. The number of likely N-dealkylation sites (tertiary alicyclic amines) is 1. The summed E-state index contributed by atoms with van der Waals surface area (Å²) in [6.07, 6.45) is 0.705. The van der Waals surface area contributed by atoms with Crippen LogP contribution in [0.15, 0.2) is 42.5 Å². The molecule has 7 heteroatoms. The molecule has 1 fully saturated rings. The van der Waals surface area contributed by atoms with E-state index in [0.29, 0.717) is 25.3 Å². The van der Waals surface area contributed by atoms with Crippen LogP contribution in [0.4, 0.5) is 5.82 Å². The number of nitrogens with two attached hydrogens (primary N) is 1. The van der Waals surface area contributed by atoms with Crippen molar-refractivity contribution in [2.45, 2.75) is 18.6 Å². The molecule has 132 valence electrons. The predicted molar refractivity (Wildman–Crippen MR) is 95.1 cm³/mol. The van der Waals surface area contributed by atoms with Gasteiger partial charge in [-0.3, -0.25) is 9.69 Å². The lowest BCUT2D eigenvalue weighted by Gasteiger charge is -2.29. The predicted octanol–water partition coefficient (Wildman–Crippen LogP) is 0.649. The second kappa shape index (κ2) is 7.16. The first-order chi connectivity index (χ1) is 12.0. The monoisotopic (exact) mass is 341 g/mol. The Labute approximate surface area is 147 Å². The Hall–Kier alpha value is -2.51. The van der Waals surface area contributed by atoms with Gasteiger partial charge in [0, 0.05) is 33.2 Å². The number of nitrogens with zero attached hydrogens (tertiary/aromatic N) is 4. The van der Waals surface area contributed by atoms with E-state index in [0.717, 1.165) is 13.1 Å². The van der Waals surface area contributed by atoms with Gasteiger partial charge in [0.2, 0.25) is 0 Å². The number of primary amides is 1. The standard InChI is InChI=1S/C18H23N5O2/c1-22(16-8-7-15(17(19)24)20-21-16)12-18(25)9-10-23(13-18)11-14-5-3-2-4-6-14/h2-8,25H,9-13H2,1H3,(H2,19,24). The molecule has 3 N–H and O–H groups in total. The zero-order valence-corrected chi connectivity index (χ0v) is 14.3. The fraction of sp³-hybridized carbons (Fsp3) is 0.389. The van der Waals surface area contributed by atoms with Crippen molar-refractivity contribution < 1.29 is 9.90 Å². The van der Waals surface area contributed by atoms with E-state index >= 15 is 0 Å². The zero-order valence-electron chi connectivity index (χ0n) is 14.3. The molecule has 2 heterocycles. The van der Waals surface area contributed by atoms with Crippen LogP contribution in [0.5, 0.6) is 0 Å². The lowest BCUT2D eigenvalue weighted by Crippen LogP contribution is -2.44. The van der Waals surface area contributed by atoms with Crippen LogP contribution in [-0.4, -0.2) is 58.4 Å². The molecule has 1 saturated heterocycles. The van der Waals surface area contributed by atoms with Gasteiger partial charge in [0.25, 0.3) is 5.91 Å². The minimum Gasteiger partial charge on any atom is -0.387 e. The Morgan fingerprint density at radius 3 is 2.68 bits per heavy atom. The molecule has 1 unspecified atom stereocenters. The van der Waals surface area contributed by atoms with Crippen molar-refractivity contribution in [3.05, 3.63) is 53.7 Å². The van der Waals surface area contributed by atoms with Crippen molar-refractivity contribution in [2.75, 3.05) is 31.6 Å². The van der Waals surface area contributed by atoms with Gasteiger partial charge in [0.05, 0.1) is 5.60 Å². The average Bonchev–Trinajstić information content (AvgIpc) is 2.96. The van der Waals surface area contributed by atoms with Crippen molar-refractivity contribution in [1.82, 2.24) is 15.1 Å². The molecule has 0 bridgehead atoms. The lowest BCUT2D eigenvalue weighted by atomic mass is 10.0. The summed E-state index contributed by atoms with van der Waals surface area (Å²) in [6.45, 7) is 2.74. The third kappa shape index (κ3) is 4.32. The molecule has 1 aliphatic rings. The maximum atomic E-state index is 11.1. The molecule has 0 aliphatic carbocycles. The lowest BCUT2D eigenvalue weighted by molar-refractivity contribution is 0.0560. The first kappa shape index (κ1) is 17.3. The van der Waals surface area contributed by atoms with Gasteiger partial charge < -0.3 is 15.7 Å². The van der Waals surface area contributed by atoms with E-state index in [-0.39, 0.29) is 5.69 Å². The number of aromatic nitrogens is 2. The van der Waals surface area contributed by atoms with Crippen LogP contribution in [0.25, 0.3) is 0 Å². The van der Waals surface area contributed by atoms with E-state index in [1.54, 1.807) is 12.1 Å². The van der Waals surface area contributed by atoms with Gasteiger partial charge >= 0.3 is 0 Å². The molecule has 0 spiro atoms. The number of benzene rings is 1. The second-order valence-corrected chi connectivity index (χ2v) is 6.67. The molecule has 0 radical (unpaired) electrons. The summed E-state index contributed by atoms with van der Waals surface area (Å²) in [5.41, 5.74) is 5.75. The molecule has 3 rings (SSSR count). The Kier molecular flexibility index (Phi) is 4.96. The van der Waals surface area contributed by atoms with Crippen LogP contribution in [0.1, 0.15) is 22.5 Å². The van der Waals surface area contributed by atoms with Crippen LogP contribution in [0, 0.1) is 0 Å².